The van der Waals surface area contributed by atoms with Crippen molar-refractivity contribution in [2.45, 2.75) is 33.6 Å². The Balaban J connectivity index is 2.71. The first kappa shape index (κ1) is 14.3. The summed E-state index contributed by atoms with van der Waals surface area (Å²) >= 11 is 0. The molecule has 5 nitrogen and oxygen atoms in total. The lowest BCUT2D eigenvalue weighted by molar-refractivity contribution is -0.137. The summed E-state index contributed by atoms with van der Waals surface area (Å²) in [4.78, 5) is 24.1. The van der Waals surface area contributed by atoms with Crippen molar-refractivity contribution in [1.29, 1.82) is 0 Å². The maximum atomic E-state index is 12.2. The molecule has 1 amide bonds. The van der Waals surface area contributed by atoms with Gasteiger partial charge >= 0.3 is 5.97 Å². The van der Waals surface area contributed by atoms with E-state index in [-0.39, 0.29) is 12.3 Å². The van der Waals surface area contributed by atoms with Gasteiger partial charge in [-0.15, -0.1) is 0 Å². The molecular weight excluding hydrogens is 234 g/mol. The van der Waals surface area contributed by atoms with Crippen LogP contribution in [0.4, 0.5) is 0 Å². The molecular formula is C13H19NO4. The summed E-state index contributed by atoms with van der Waals surface area (Å²) in [5, 5.41) is 8.56. The fourth-order valence-electron chi connectivity index (χ4n) is 1.87. The number of nitrogens with zero attached hydrogens (tertiary/aromatic N) is 1. The second-order valence-electron chi connectivity index (χ2n) is 4.44. The summed E-state index contributed by atoms with van der Waals surface area (Å²) in [6.45, 7) is 5.86. The summed E-state index contributed by atoms with van der Waals surface area (Å²) in [6, 6.07) is 0. The average Bonchev–Trinajstić information content (AvgIpc) is 2.51. The van der Waals surface area contributed by atoms with Gasteiger partial charge in [-0.3, -0.25) is 9.59 Å². The van der Waals surface area contributed by atoms with E-state index in [4.69, 9.17) is 9.52 Å². The molecule has 1 aromatic heterocycles. The van der Waals surface area contributed by atoms with E-state index in [0.29, 0.717) is 24.3 Å². The van der Waals surface area contributed by atoms with Crippen molar-refractivity contribution in [3.8, 4) is 0 Å². The molecule has 0 saturated carbocycles. The summed E-state index contributed by atoms with van der Waals surface area (Å²) in [7, 11) is 1.67. The quantitative estimate of drug-likeness (QED) is 0.872. The Morgan fingerprint density at radius 2 is 1.83 bits per heavy atom. The van der Waals surface area contributed by atoms with Crippen molar-refractivity contribution >= 4 is 11.9 Å². The molecule has 1 N–H and O–H groups in total. The lowest BCUT2D eigenvalue weighted by Gasteiger charge is -2.16. The third-order valence-corrected chi connectivity index (χ3v) is 3.01. The zero-order valence-corrected chi connectivity index (χ0v) is 11.2. The van der Waals surface area contributed by atoms with Gasteiger partial charge < -0.3 is 14.4 Å². The first-order valence-electron chi connectivity index (χ1n) is 5.88. The first-order valence-corrected chi connectivity index (χ1v) is 5.88. The van der Waals surface area contributed by atoms with Crippen molar-refractivity contribution < 1.29 is 19.1 Å². The molecule has 0 aliphatic heterocycles. The maximum absolute atomic E-state index is 12.2. The van der Waals surface area contributed by atoms with Gasteiger partial charge in [0.15, 0.2) is 0 Å². The third kappa shape index (κ3) is 3.12. The minimum Gasteiger partial charge on any atom is -0.481 e. The Bertz CT molecular complexity index is 462. The van der Waals surface area contributed by atoms with Gasteiger partial charge in [-0.1, -0.05) is 0 Å². The summed E-state index contributed by atoms with van der Waals surface area (Å²) < 4.78 is 5.42. The molecule has 0 atom stereocenters. The number of rotatable bonds is 5. The lowest BCUT2D eigenvalue weighted by Crippen LogP contribution is -2.28. The van der Waals surface area contributed by atoms with Gasteiger partial charge in [-0.2, -0.15) is 0 Å². The zero-order valence-electron chi connectivity index (χ0n) is 11.2. The second-order valence-corrected chi connectivity index (χ2v) is 4.44. The Morgan fingerprint density at radius 3 is 2.28 bits per heavy atom. The molecule has 1 aromatic rings. The van der Waals surface area contributed by atoms with Gasteiger partial charge in [0, 0.05) is 25.6 Å². The van der Waals surface area contributed by atoms with E-state index in [0.717, 1.165) is 11.3 Å². The van der Waals surface area contributed by atoms with Crippen molar-refractivity contribution in [3.63, 3.8) is 0 Å². The smallest absolute Gasteiger partial charge is 0.303 e. The standard InChI is InChI=1S/C13H19NO4/c1-8-9(2)18-10(3)12(8)13(17)14(4)7-5-6-11(15)16/h5-7H2,1-4H3,(H,15,16). The fraction of sp³-hybridized carbons (Fsp3) is 0.538. The Kier molecular flexibility index (Phi) is 4.53. The number of hydrogen-bond acceptors (Lipinski definition) is 3. The van der Waals surface area contributed by atoms with Crippen molar-refractivity contribution in [3.05, 3.63) is 22.6 Å². The predicted molar refractivity (Wildman–Crippen MR) is 66.7 cm³/mol. The average molecular weight is 253 g/mol. The zero-order chi connectivity index (χ0) is 13.9. The molecule has 5 heteroatoms. The van der Waals surface area contributed by atoms with Crippen LogP contribution in [-0.2, 0) is 4.79 Å². The molecule has 0 radical (unpaired) electrons. The number of aryl methyl sites for hydroxylation is 2. The maximum Gasteiger partial charge on any atom is 0.303 e. The van der Waals surface area contributed by atoms with E-state index in [1.165, 1.54) is 4.90 Å². The van der Waals surface area contributed by atoms with E-state index in [1.54, 1.807) is 14.0 Å². The molecule has 0 spiro atoms. The normalized spacial score (nSPS) is 10.4. The van der Waals surface area contributed by atoms with Gasteiger partial charge in [0.05, 0.1) is 5.56 Å². The number of carboxylic acid groups (broad SMARTS) is 1. The summed E-state index contributed by atoms with van der Waals surface area (Å²) in [6.07, 6.45) is 0.520. The second kappa shape index (κ2) is 5.71. The number of carbonyl (C=O) groups is 2. The number of amides is 1. The van der Waals surface area contributed by atoms with Crippen LogP contribution in [0, 0.1) is 20.8 Å². The van der Waals surface area contributed by atoms with Crippen molar-refractivity contribution in [2.75, 3.05) is 13.6 Å². The largest absolute Gasteiger partial charge is 0.481 e. The monoisotopic (exact) mass is 253 g/mol. The van der Waals surface area contributed by atoms with E-state index < -0.39 is 5.97 Å². The minimum atomic E-state index is -0.845. The van der Waals surface area contributed by atoms with Gasteiger partial charge in [-0.25, -0.2) is 0 Å². The highest BCUT2D eigenvalue weighted by atomic mass is 16.4. The molecule has 0 aliphatic rings. The van der Waals surface area contributed by atoms with Crippen LogP contribution in [-0.4, -0.2) is 35.5 Å². The highest BCUT2D eigenvalue weighted by Crippen LogP contribution is 2.22. The van der Waals surface area contributed by atoms with Crippen LogP contribution in [0.2, 0.25) is 0 Å². The topological polar surface area (TPSA) is 70.8 Å². The highest BCUT2D eigenvalue weighted by Gasteiger charge is 2.21. The number of carbonyl (C=O) groups excluding carboxylic acids is 1. The molecule has 0 saturated heterocycles. The van der Waals surface area contributed by atoms with Crippen LogP contribution in [0.15, 0.2) is 4.42 Å². The molecule has 0 aromatic carbocycles. The molecule has 0 bridgehead atoms. The van der Waals surface area contributed by atoms with Crippen LogP contribution in [0.25, 0.3) is 0 Å². The van der Waals surface area contributed by atoms with Crippen LogP contribution >= 0.6 is 0 Å². The first-order chi connectivity index (χ1) is 8.34. The van der Waals surface area contributed by atoms with Crippen LogP contribution < -0.4 is 0 Å². The van der Waals surface area contributed by atoms with Gasteiger partial charge in [-0.05, 0) is 27.2 Å². The number of furan rings is 1. The third-order valence-electron chi connectivity index (χ3n) is 3.01. The van der Waals surface area contributed by atoms with Crippen LogP contribution in [0.3, 0.4) is 0 Å². The van der Waals surface area contributed by atoms with Crippen molar-refractivity contribution in [1.82, 2.24) is 4.90 Å². The van der Waals surface area contributed by atoms with Gasteiger partial charge in [0.1, 0.15) is 11.5 Å². The molecule has 1 heterocycles. The van der Waals surface area contributed by atoms with E-state index >= 15 is 0 Å². The number of hydrogen-bond donors (Lipinski definition) is 1. The molecule has 1 rings (SSSR count). The van der Waals surface area contributed by atoms with Gasteiger partial charge in [0.2, 0.25) is 0 Å². The Labute approximate surface area is 106 Å². The highest BCUT2D eigenvalue weighted by molar-refractivity contribution is 5.96. The molecule has 100 valence electrons. The number of carboxylic acids is 1. The molecule has 0 aliphatic carbocycles. The predicted octanol–water partition coefficient (Wildman–Crippen LogP) is 2.14. The van der Waals surface area contributed by atoms with Crippen LogP contribution in [0.5, 0.6) is 0 Å². The Morgan fingerprint density at radius 1 is 1.22 bits per heavy atom. The van der Waals surface area contributed by atoms with Crippen LogP contribution in [0.1, 0.15) is 40.3 Å². The van der Waals surface area contributed by atoms with Crippen molar-refractivity contribution in [2.24, 2.45) is 0 Å². The minimum absolute atomic E-state index is 0.0694. The van der Waals surface area contributed by atoms with E-state index in [2.05, 4.69) is 0 Å². The molecule has 18 heavy (non-hydrogen) atoms. The lowest BCUT2D eigenvalue weighted by atomic mass is 10.1. The fourth-order valence-corrected chi connectivity index (χ4v) is 1.87. The van der Waals surface area contributed by atoms with E-state index in [1.807, 2.05) is 13.8 Å². The van der Waals surface area contributed by atoms with Gasteiger partial charge in [0.25, 0.3) is 5.91 Å². The number of aliphatic carboxylic acids is 1. The van der Waals surface area contributed by atoms with E-state index in [9.17, 15) is 9.59 Å². The molecule has 0 fully saturated rings. The summed E-state index contributed by atoms with van der Waals surface area (Å²) in [5.74, 6) is 0.393. The summed E-state index contributed by atoms with van der Waals surface area (Å²) in [5.41, 5.74) is 1.44. The Hall–Kier alpha value is -1.78. The molecule has 0 unspecified atom stereocenters. The SMILES string of the molecule is Cc1oc(C)c(C(=O)N(C)CCCC(=O)O)c1C.